The first kappa shape index (κ1) is 81.3. The van der Waals surface area contributed by atoms with Gasteiger partial charge in [-0.05, 0) is 155 Å². The molecule has 0 radical (unpaired) electrons. The summed E-state index contributed by atoms with van der Waals surface area (Å²) in [7, 11) is 3.42. The lowest BCUT2D eigenvalue weighted by atomic mass is 9.77. The average molecular weight is 1550 g/mol. The van der Waals surface area contributed by atoms with E-state index in [1.54, 1.807) is 61.7 Å². The fourth-order valence-corrected chi connectivity index (χ4v) is 16.7. The molecule has 8 aliphatic rings. The number of fused-ring (bicyclic) bond motifs is 6. The number of nitrogens with zero attached hydrogens (tertiary/aromatic N) is 10. The Hall–Kier alpha value is -10.7. The highest BCUT2D eigenvalue weighted by Gasteiger charge is 2.50. The van der Waals surface area contributed by atoms with Gasteiger partial charge in [0, 0.05) is 152 Å². The first-order valence-corrected chi connectivity index (χ1v) is 37.7. The highest BCUT2D eigenvalue weighted by atomic mass is 35.5. The number of hydrogen-bond donors (Lipinski definition) is 9. The fourth-order valence-electron chi connectivity index (χ4n) is 16.7. The second-order valence-electron chi connectivity index (χ2n) is 30.5. The van der Waals surface area contributed by atoms with Crippen LogP contribution in [0.15, 0.2) is 104 Å². The zero-order chi connectivity index (χ0) is 76.8. The van der Waals surface area contributed by atoms with Crippen molar-refractivity contribution >= 4 is 99.9 Å². The molecule has 0 aliphatic carbocycles. The first-order chi connectivity index (χ1) is 52.4. The van der Waals surface area contributed by atoms with Crippen LogP contribution in [0.25, 0.3) is 21.8 Å². The van der Waals surface area contributed by atoms with E-state index in [1.165, 1.54) is 11.3 Å². The van der Waals surface area contributed by atoms with Crippen LogP contribution in [-0.4, -0.2) is 236 Å². The van der Waals surface area contributed by atoms with Gasteiger partial charge in [0.2, 0.25) is 17.7 Å². The normalized spacial score (nSPS) is 19.3. The smallest absolute Gasteiger partial charge is 0.413 e. The molecular formula is C79H103ClN18O13. The summed E-state index contributed by atoms with van der Waals surface area (Å²) in [5, 5.41) is 43.2. The Morgan fingerprint density at radius 1 is 0.586 bits per heavy atom. The van der Waals surface area contributed by atoms with E-state index in [9.17, 15) is 48.3 Å². The van der Waals surface area contributed by atoms with Crippen molar-refractivity contribution in [1.29, 1.82) is 0 Å². The molecule has 111 heavy (non-hydrogen) atoms. The number of aromatic amines is 2. The van der Waals surface area contributed by atoms with Gasteiger partial charge in [0.05, 0.1) is 29.5 Å². The molecule has 594 valence electrons. The molecule has 6 fully saturated rings. The monoisotopic (exact) mass is 1550 g/mol. The fraction of sp³-hybridized carbons (Fsp3) is 0.506. The number of hydrogen-bond acceptors (Lipinski definition) is 18. The highest BCUT2D eigenvalue weighted by molar-refractivity contribution is 5.91. The largest absolute Gasteiger partial charge is 0.480 e. The third-order valence-corrected chi connectivity index (χ3v) is 23.6. The molecule has 12 heterocycles. The van der Waals surface area contributed by atoms with Gasteiger partial charge in [-0.15, -0.1) is 12.4 Å². The molecule has 10 amide bonds. The Labute approximate surface area is 651 Å². The summed E-state index contributed by atoms with van der Waals surface area (Å²) in [4.78, 5) is 134. The van der Waals surface area contributed by atoms with E-state index in [1.807, 2.05) is 108 Å². The lowest BCUT2D eigenvalue weighted by Gasteiger charge is -2.43. The number of urea groups is 2. The Bertz CT molecular complexity index is 4520. The van der Waals surface area contributed by atoms with Crippen LogP contribution in [0, 0.1) is 24.7 Å². The number of nitrogens with one attached hydrogen (secondary N) is 8. The molecule has 7 aromatic rings. The van der Waals surface area contributed by atoms with Crippen molar-refractivity contribution in [1.82, 2.24) is 81.0 Å². The number of piperidine rings is 4. The molecule has 8 aliphatic heterocycles. The average Bonchev–Trinajstić information content (AvgIpc) is 1.61. The van der Waals surface area contributed by atoms with Gasteiger partial charge >= 0.3 is 36.3 Å². The number of likely N-dealkylation sites (N-methyl/N-ethyl adjacent to an activating group) is 2. The molecule has 4 spiro atoms. The van der Waals surface area contributed by atoms with Gasteiger partial charge in [0.25, 0.3) is 0 Å². The minimum atomic E-state index is -1.11. The molecule has 4 aromatic heterocycles. The van der Waals surface area contributed by atoms with Crippen LogP contribution in [0.1, 0.15) is 124 Å². The second-order valence-corrected chi connectivity index (χ2v) is 30.5. The third kappa shape index (κ3) is 18.1. The number of aryl methyl sites for hydroxylation is 2. The maximum absolute atomic E-state index is 14.3. The Morgan fingerprint density at radius 3 is 1.54 bits per heavy atom. The number of H-pyrrole nitrogens is 2. The van der Waals surface area contributed by atoms with E-state index in [4.69, 9.17) is 14.2 Å². The number of halogens is 1. The Kier molecular flexibility index (Phi) is 25.4. The molecule has 0 unspecified atom stereocenters. The van der Waals surface area contributed by atoms with Gasteiger partial charge in [-0.2, -0.15) is 10.2 Å². The van der Waals surface area contributed by atoms with Crippen molar-refractivity contribution in [3.8, 4) is 0 Å². The zero-order valence-electron chi connectivity index (χ0n) is 63.0. The number of carbonyl (C=O) groups excluding carboxylic acids is 8. The molecule has 32 heteroatoms. The molecule has 31 nitrogen and oxygen atoms in total. The first-order valence-electron chi connectivity index (χ1n) is 37.7. The number of carboxylic acid groups (broad SMARTS) is 1. The van der Waals surface area contributed by atoms with E-state index >= 15 is 0 Å². The summed E-state index contributed by atoms with van der Waals surface area (Å²) in [6.45, 7) is 15.4. The Balaban J connectivity index is 0.000000172. The molecule has 4 atom stereocenters. The summed E-state index contributed by atoms with van der Waals surface area (Å²) in [5.74, 6) is -0.145. The minimum absolute atomic E-state index is 0. The molecule has 9 N–H and O–H groups in total. The number of carbonyl (C=O) groups is 9. The molecule has 3 aromatic carbocycles. The SMILES string of the molecule is C.CN[C@H](C)C(=O)N1CCC2(CC1)CCN(C(=O)[C@@H](Cc1cc(C)c3[nH]ncc3c1)NC(=O)N1CCC3(CC1)OC(=O)Nc1ncccc13)C2.C[C@H](C(=O)N1CCC2(CCNC2)CC1)N(C)C(=O)OCc1ccccc1.Cc1cc(C[C@@H](NC(=O)N2CCC3(CC2)OC(=O)Nc2ncccc23)C(=O)O)cc2cn[nH]c12.Cl. The predicted octanol–water partition coefficient (Wildman–Crippen LogP) is 8.72. The highest BCUT2D eigenvalue weighted by Crippen LogP contribution is 2.46. The maximum Gasteiger partial charge on any atom is 0.413 e. The van der Waals surface area contributed by atoms with Crippen molar-refractivity contribution in [3.05, 3.63) is 143 Å². The van der Waals surface area contributed by atoms with Crippen molar-refractivity contribution in [2.45, 2.75) is 154 Å². The predicted molar refractivity (Wildman–Crippen MR) is 417 cm³/mol. The number of carboxylic acids is 1. The van der Waals surface area contributed by atoms with E-state index in [-0.39, 0.29) is 68.1 Å². The second kappa shape index (κ2) is 34.7. The van der Waals surface area contributed by atoms with Gasteiger partial charge < -0.3 is 65.1 Å². The van der Waals surface area contributed by atoms with Gasteiger partial charge in [-0.3, -0.25) is 40.1 Å². The number of amides is 10. The van der Waals surface area contributed by atoms with E-state index in [2.05, 4.69) is 62.3 Å². The van der Waals surface area contributed by atoms with E-state index in [0.717, 1.165) is 119 Å². The standard InChI is InChI=1S/C35H45N9O5.C23H24N6O5.C20H29N3O3.CH4.ClH/c1-22-17-24(18-25-20-38-41-28(22)25)19-27(31(46)44-14-8-34(21-44)6-12-42(13-7-34)30(45)23(2)36-3)39-32(47)43-15-9-35(10-16-43)26-5-4-11-37-29(26)40-33(48)49-35;1-13-9-14(10-15-12-25-28-18(13)15)11-17(20(30)31)26-21(32)29-7-4-23(5-8-29)16-3-2-6-24-19(16)27-22(33)34-23;1-16(22(2)19(25)26-14-17-6-4-3-5-7-17)18(24)23-12-9-20(10-13-23)8-11-21-15-20;;/h4-5,11,17-18,20,23,27,36H,6-10,12-16,19,21H2,1-3H3,(H,38,41)(H,39,47)(H,37,40,48);2-3,6,9-10,12,17H,4-5,7-8,11H2,1H3,(H,25,28)(H,26,32)(H,30,31)(H,24,27,33);3-7,16,21H,8-15H2,1-2H3;1H4;1H/t23-,27-;17-;16-;;/m111../s1. The van der Waals surface area contributed by atoms with Crippen LogP contribution in [-0.2, 0) is 64.0 Å². The van der Waals surface area contributed by atoms with Crippen molar-refractivity contribution in [2.75, 3.05) is 103 Å². The summed E-state index contributed by atoms with van der Waals surface area (Å²) >= 11 is 0. The van der Waals surface area contributed by atoms with Crippen LogP contribution in [0.5, 0.6) is 0 Å². The third-order valence-electron chi connectivity index (χ3n) is 23.6. The van der Waals surface area contributed by atoms with Crippen LogP contribution in [0.3, 0.4) is 0 Å². The van der Waals surface area contributed by atoms with Crippen molar-refractivity contribution < 1.29 is 62.5 Å². The number of benzene rings is 3. The maximum atomic E-state index is 14.3. The van der Waals surface area contributed by atoms with Gasteiger partial charge in [-0.1, -0.05) is 49.9 Å². The lowest BCUT2D eigenvalue weighted by Crippen LogP contribution is -2.56. The summed E-state index contributed by atoms with van der Waals surface area (Å²) in [6, 6.07) is 21.3. The molecule has 6 saturated heterocycles. The molecule has 0 saturated carbocycles. The van der Waals surface area contributed by atoms with E-state index < -0.39 is 59.6 Å². The van der Waals surface area contributed by atoms with Gasteiger partial charge in [-0.25, -0.2) is 38.7 Å². The van der Waals surface area contributed by atoms with Gasteiger partial charge in [0.1, 0.15) is 47.6 Å². The number of ether oxygens (including phenoxy) is 3. The van der Waals surface area contributed by atoms with Crippen molar-refractivity contribution in [3.63, 3.8) is 0 Å². The topological polar surface area (TPSA) is 376 Å². The van der Waals surface area contributed by atoms with Crippen LogP contribution in [0.4, 0.5) is 35.6 Å². The molecule has 15 rings (SSSR count). The molecular weight excluding hydrogens is 1440 g/mol. The number of likely N-dealkylation sites (tertiary alicyclic amines) is 5. The lowest BCUT2D eigenvalue weighted by molar-refractivity contribution is -0.139. The Morgan fingerprint density at radius 2 is 1.05 bits per heavy atom. The van der Waals surface area contributed by atoms with Gasteiger partial charge in [0.15, 0.2) is 0 Å². The quantitative estimate of drug-likeness (QED) is 0.0459. The number of aromatic nitrogens is 6. The number of anilines is 2. The van der Waals surface area contributed by atoms with Crippen LogP contribution >= 0.6 is 12.4 Å². The number of rotatable bonds is 14. The number of pyridine rings is 2. The summed E-state index contributed by atoms with van der Waals surface area (Å²) in [6.07, 6.45) is 13.0. The summed E-state index contributed by atoms with van der Waals surface area (Å²) < 4.78 is 16.8. The van der Waals surface area contributed by atoms with Crippen LogP contribution < -0.4 is 31.9 Å². The van der Waals surface area contributed by atoms with Crippen LogP contribution in [0.2, 0.25) is 0 Å². The van der Waals surface area contributed by atoms with Crippen molar-refractivity contribution in [2.24, 2.45) is 10.8 Å². The van der Waals surface area contributed by atoms with E-state index in [0.29, 0.717) is 102 Å². The minimum Gasteiger partial charge on any atom is -0.480 e. The zero-order valence-corrected chi connectivity index (χ0v) is 63.8. The summed E-state index contributed by atoms with van der Waals surface area (Å²) in [5.41, 5.74) is 6.70. The number of aliphatic carboxylic acids is 1. The molecule has 0 bridgehead atoms.